The number of Topliss-reactive ketones (excluding diaryl/α,β-unsaturated/α-hetero) is 1. The van der Waals surface area contributed by atoms with Crippen molar-refractivity contribution in [2.75, 3.05) is 6.61 Å². The Hall–Kier alpha value is -1.78. The van der Waals surface area contributed by atoms with Gasteiger partial charge in [-0.15, -0.1) is 0 Å². The number of carboxylic acid groups (broad SMARTS) is 1. The summed E-state index contributed by atoms with van der Waals surface area (Å²) in [7, 11) is 0. The van der Waals surface area contributed by atoms with E-state index in [2.05, 4.69) is 6.92 Å². The van der Waals surface area contributed by atoms with Crippen LogP contribution in [-0.4, -0.2) is 23.5 Å². The lowest BCUT2D eigenvalue weighted by molar-refractivity contribution is -0.135. The van der Waals surface area contributed by atoms with E-state index in [-0.39, 0.29) is 11.5 Å². The summed E-state index contributed by atoms with van der Waals surface area (Å²) in [6.45, 7) is 2.78. The van der Waals surface area contributed by atoms with Gasteiger partial charge in [-0.05, 0) is 6.42 Å². The second-order valence-corrected chi connectivity index (χ2v) is 5.82. The van der Waals surface area contributed by atoms with Gasteiger partial charge < -0.3 is 14.3 Å². The Morgan fingerprint density at radius 3 is 2.26 bits per heavy atom. The van der Waals surface area contributed by atoms with E-state index in [1.54, 1.807) is 0 Å². The first-order valence-electron chi connectivity index (χ1n) is 8.59. The smallest absolute Gasteiger partial charge is 0.311 e. The summed E-state index contributed by atoms with van der Waals surface area (Å²) in [5, 5.41) is 8.57. The number of carboxylic acids is 1. The molecule has 0 saturated carbocycles. The normalized spacial score (nSPS) is 10.7. The highest BCUT2D eigenvalue weighted by atomic mass is 16.6. The Morgan fingerprint density at radius 1 is 1.04 bits per heavy atom. The Bertz CT molecular complexity index is 464. The predicted molar refractivity (Wildman–Crippen MR) is 88.0 cm³/mol. The minimum atomic E-state index is -1.15. The zero-order valence-corrected chi connectivity index (χ0v) is 14.0. The average molecular weight is 324 g/mol. The maximum Gasteiger partial charge on any atom is 0.311 e. The molecule has 0 aliphatic heterocycles. The summed E-state index contributed by atoms with van der Waals surface area (Å²) < 4.78 is 10.5. The molecule has 0 aliphatic carbocycles. The van der Waals surface area contributed by atoms with Crippen molar-refractivity contribution in [3.05, 3.63) is 17.9 Å². The van der Waals surface area contributed by atoms with E-state index in [9.17, 15) is 9.59 Å². The fourth-order valence-corrected chi connectivity index (χ4v) is 2.36. The van der Waals surface area contributed by atoms with E-state index in [4.69, 9.17) is 14.3 Å². The average Bonchev–Trinajstić information content (AvgIpc) is 2.97. The van der Waals surface area contributed by atoms with Crippen LogP contribution >= 0.6 is 0 Å². The van der Waals surface area contributed by atoms with Crippen LogP contribution in [0, 0.1) is 0 Å². The van der Waals surface area contributed by atoms with Gasteiger partial charge in [0.2, 0.25) is 0 Å². The van der Waals surface area contributed by atoms with Crippen molar-refractivity contribution in [3.8, 4) is 5.95 Å². The SMILES string of the molecule is CCCCCCCCCCCOc1cc(C(=O)CC(=O)O)co1. The maximum absolute atomic E-state index is 11.5. The first-order valence-corrected chi connectivity index (χ1v) is 8.59. The number of ketones is 1. The minimum absolute atomic E-state index is 0.245. The van der Waals surface area contributed by atoms with Gasteiger partial charge in [0.25, 0.3) is 5.95 Å². The van der Waals surface area contributed by atoms with Crippen LogP contribution in [0.15, 0.2) is 16.7 Å². The Labute approximate surface area is 138 Å². The van der Waals surface area contributed by atoms with E-state index in [1.807, 2.05) is 0 Å². The molecule has 23 heavy (non-hydrogen) atoms. The Kier molecular flexibility index (Phi) is 9.84. The molecule has 1 aromatic rings. The summed E-state index contributed by atoms with van der Waals surface area (Å²) in [4.78, 5) is 22.0. The molecule has 0 aliphatic rings. The molecule has 0 radical (unpaired) electrons. The Morgan fingerprint density at radius 2 is 1.65 bits per heavy atom. The number of carbonyl (C=O) groups excluding carboxylic acids is 1. The number of furan rings is 1. The standard InChI is InChI=1S/C18H28O5/c1-2-3-4-5-6-7-8-9-10-11-22-18-12-15(14-23-18)16(19)13-17(20)21/h12,14H,2-11,13H2,1H3,(H,20,21). The van der Waals surface area contributed by atoms with Crippen molar-refractivity contribution in [1.82, 2.24) is 0 Å². The molecule has 0 atom stereocenters. The van der Waals surface area contributed by atoms with Crippen LogP contribution in [0.4, 0.5) is 0 Å². The van der Waals surface area contributed by atoms with Gasteiger partial charge in [0.05, 0.1) is 12.2 Å². The molecule has 1 rings (SSSR count). The van der Waals surface area contributed by atoms with E-state index in [1.165, 1.54) is 57.3 Å². The van der Waals surface area contributed by atoms with Gasteiger partial charge in [-0.2, -0.15) is 0 Å². The maximum atomic E-state index is 11.5. The lowest BCUT2D eigenvalue weighted by atomic mass is 10.1. The molecule has 130 valence electrons. The first-order chi connectivity index (χ1) is 11.1. The summed E-state index contributed by atoms with van der Waals surface area (Å²) in [5.74, 6) is -1.34. The van der Waals surface area contributed by atoms with Crippen LogP contribution in [0.5, 0.6) is 5.95 Å². The molecule has 0 spiro atoms. The lowest BCUT2D eigenvalue weighted by Crippen LogP contribution is -2.05. The second-order valence-electron chi connectivity index (χ2n) is 5.82. The van der Waals surface area contributed by atoms with Gasteiger partial charge in [-0.25, -0.2) is 0 Å². The Balaban J connectivity index is 2.05. The van der Waals surface area contributed by atoms with E-state index >= 15 is 0 Å². The van der Waals surface area contributed by atoms with Crippen molar-refractivity contribution >= 4 is 11.8 Å². The summed E-state index contributed by atoms with van der Waals surface area (Å²) in [6.07, 6.45) is 11.9. The van der Waals surface area contributed by atoms with Crippen molar-refractivity contribution in [2.24, 2.45) is 0 Å². The van der Waals surface area contributed by atoms with Gasteiger partial charge >= 0.3 is 5.97 Å². The predicted octanol–water partition coefficient (Wildman–Crippen LogP) is 4.85. The fourth-order valence-electron chi connectivity index (χ4n) is 2.36. The second kappa shape index (κ2) is 11.7. The highest BCUT2D eigenvalue weighted by Crippen LogP contribution is 2.18. The molecule has 0 bridgehead atoms. The first kappa shape index (κ1) is 19.3. The molecule has 1 heterocycles. The number of hydrogen-bond donors (Lipinski definition) is 1. The molecule has 0 fully saturated rings. The molecule has 5 nitrogen and oxygen atoms in total. The van der Waals surface area contributed by atoms with Crippen LogP contribution < -0.4 is 4.74 Å². The van der Waals surface area contributed by atoms with Gasteiger partial charge in [0, 0.05) is 6.07 Å². The van der Waals surface area contributed by atoms with Crippen LogP contribution in [0.25, 0.3) is 0 Å². The highest BCUT2D eigenvalue weighted by molar-refractivity contribution is 6.05. The summed E-state index contributed by atoms with van der Waals surface area (Å²) in [6, 6.07) is 1.46. The third-order valence-electron chi connectivity index (χ3n) is 3.70. The number of unbranched alkanes of at least 4 members (excludes halogenated alkanes) is 8. The highest BCUT2D eigenvalue weighted by Gasteiger charge is 2.14. The van der Waals surface area contributed by atoms with Crippen molar-refractivity contribution in [2.45, 2.75) is 71.1 Å². The van der Waals surface area contributed by atoms with Gasteiger partial charge in [-0.3, -0.25) is 9.59 Å². The van der Waals surface area contributed by atoms with Crippen molar-refractivity contribution in [1.29, 1.82) is 0 Å². The van der Waals surface area contributed by atoms with Crippen LogP contribution in [0.2, 0.25) is 0 Å². The fraction of sp³-hybridized carbons (Fsp3) is 0.667. The van der Waals surface area contributed by atoms with E-state index < -0.39 is 18.2 Å². The molecule has 0 amide bonds. The number of hydrogen-bond acceptors (Lipinski definition) is 4. The lowest BCUT2D eigenvalue weighted by Gasteiger charge is -2.03. The molecule has 1 N–H and O–H groups in total. The number of carbonyl (C=O) groups is 2. The van der Waals surface area contributed by atoms with Crippen molar-refractivity contribution < 1.29 is 23.8 Å². The topological polar surface area (TPSA) is 76.7 Å². The molecule has 0 saturated heterocycles. The third-order valence-corrected chi connectivity index (χ3v) is 3.70. The van der Waals surface area contributed by atoms with Crippen molar-refractivity contribution in [3.63, 3.8) is 0 Å². The van der Waals surface area contributed by atoms with Gasteiger partial charge in [0.15, 0.2) is 5.78 Å². The zero-order chi connectivity index (χ0) is 16.9. The quantitative estimate of drug-likeness (QED) is 0.301. The van der Waals surface area contributed by atoms with Gasteiger partial charge in [-0.1, -0.05) is 58.3 Å². The molecule has 0 unspecified atom stereocenters. The van der Waals surface area contributed by atoms with Crippen LogP contribution in [-0.2, 0) is 4.79 Å². The van der Waals surface area contributed by atoms with Gasteiger partial charge in [0.1, 0.15) is 12.7 Å². The van der Waals surface area contributed by atoms with E-state index in [0.29, 0.717) is 6.61 Å². The molecular weight excluding hydrogens is 296 g/mol. The zero-order valence-electron chi connectivity index (χ0n) is 14.0. The van der Waals surface area contributed by atoms with Crippen LogP contribution in [0.1, 0.15) is 81.5 Å². The monoisotopic (exact) mass is 324 g/mol. The molecular formula is C18H28O5. The largest absolute Gasteiger partial charge is 0.481 e. The molecule has 5 heteroatoms. The number of rotatable bonds is 14. The summed E-state index contributed by atoms with van der Waals surface area (Å²) in [5.41, 5.74) is 0.245. The molecule has 1 aromatic heterocycles. The summed E-state index contributed by atoms with van der Waals surface area (Å²) >= 11 is 0. The van der Waals surface area contributed by atoms with Crippen LogP contribution in [0.3, 0.4) is 0 Å². The third kappa shape index (κ3) is 9.06. The number of aliphatic carboxylic acids is 1. The van der Waals surface area contributed by atoms with E-state index in [0.717, 1.165) is 12.8 Å². The molecule has 0 aromatic carbocycles. The minimum Gasteiger partial charge on any atom is -0.481 e. The number of ether oxygens (including phenoxy) is 1.